The molecule has 0 radical (unpaired) electrons. The summed E-state index contributed by atoms with van der Waals surface area (Å²) in [5, 5.41) is 4.19. The lowest BCUT2D eigenvalue weighted by Crippen LogP contribution is -2.50. The SMILES string of the molecule is Cc1cc(CS(=O)(=O)N(C)C)ccc1/C=C/S(=O)(=O)N1CCC2(CC1)N=C(C1CCCCC1)NC2=O. The van der Waals surface area contributed by atoms with Gasteiger partial charge in [0.25, 0.3) is 5.91 Å². The molecular weight excluding hydrogens is 500 g/mol. The first kappa shape index (κ1) is 27.0. The molecule has 1 saturated carbocycles. The molecule has 1 spiro atoms. The predicted molar refractivity (Wildman–Crippen MR) is 141 cm³/mol. The van der Waals surface area contributed by atoms with Gasteiger partial charge in [0.05, 0.1) is 5.75 Å². The number of benzene rings is 1. The summed E-state index contributed by atoms with van der Waals surface area (Å²) in [6.07, 6.45) is 7.92. The van der Waals surface area contributed by atoms with Gasteiger partial charge >= 0.3 is 0 Å². The zero-order chi connectivity index (χ0) is 26.1. The summed E-state index contributed by atoms with van der Waals surface area (Å²) < 4.78 is 52.9. The van der Waals surface area contributed by atoms with E-state index in [0.29, 0.717) is 29.9 Å². The maximum Gasteiger partial charge on any atom is 0.253 e. The Morgan fingerprint density at radius 3 is 2.39 bits per heavy atom. The number of rotatable bonds is 7. The summed E-state index contributed by atoms with van der Waals surface area (Å²) in [5.74, 6) is 0.900. The number of carbonyl (C=O) groups excluding carboxylic acids is 1. The lowest BCUT2D eigenvalue weighted by atomic mass is 9.88. The quantitative estimate of drug-likeness (QED) is 0.575. The highest BCUT2D eigenvalue weighted by atomic mass is 32.2. The van der Waals surface area contributed by atoms with Crippen molar-refractivity contribution in [3.8, 4) is 0 Å². The number of carbonyl (C=O) groups is 1. The molecule has 0 bridgehead atoms. The van der Waals surface area contributed by atoms with Gasteiger partial charge in [0, 0.05) is 38.5 Å². The fraction of sp³-hybridized carbons (Fsp3) is 0.600. The van der Waals surface area contributed by atoms with Crippen LogP contribution >= 0.6 is 0 Å². The Labute approximate surface area is 214 Å². The lowest BCUT2D eigenvalue weighted by molar-refractivity contribution is -0.125. The van der Waals surface area contributed by atoms with Crippen molar-refractivity contribution in [2.45, 2.75) is 63.2 Å². The van der Waals surface area contributed by atoms with E-state index in [2.05, 4.69) is 5.32 Å². The van der Waals surface area contributed by atoms with Crippen LogP contribution < -0.4 is 5.32 Å². The van der Waals surface area contributed by atoms with Gasteiger partial charge in [-0.15, -0.1) is 0 Å². The normalized spacial score (nSPS) is 21.9. The molecule has 0 unspecified atom stereocenters. The number of aryl methyl sites for hydroxylation is 1. The van der Waals surface area contributed by atoms with Gasteiger partial charge in [-0.1, -0.05) is 37.5 Å². The Morgan fingerprint density at radius 2 is 1.78 bits per heavy atom. The Hall–Kier alpha value is -2.08. The standard InChI is InChI=1S/C25H36N4O5S2/c1-19-17-20(18-36(33,34)28(2)3)9-10-21(19)11-16-35(31,32)29-14-12-25(13-15-29)24(30)26-23(27-25)22-7-5-4-6-8-22/h9-11,16-17,22H,4-8,12-15,18H2,1-3H3,(H,26,27,30)/b16-11+. The molecule has 1 aliphatic carbocycles. The van der Waals surface area contributed by atoms with E-state index < -0.39 is 25.6 Å². The van der Waals surface area contributed by atoms with E-state index in [4.69, 9.17) is 4.99 Å². The van der Waals surface area contributed by atoms with E-state index in [-0.39, 0.29) is 24.7 Å². The van der Waals surface area contributed by atoms with E-state index in [1.54, 1.807) is 24.3 Å². The molecule has 1 aromatic carbocycles. The Morgan fingerprint density at radius 1 is 1.11 bits per heavy atom. The Balaban J connectivity index is 1.41. The average Bonchev–Trinajstić information content (AvgIpc) is 3.14. The van der Waals surface area contributed by atoms with Crippen molar-refractivity contribution in [3.05, 3.63) is 40.3 Å². The summed E-state index contributed by atoms with van der Waals surface area (Å²) >= 11 is 0. The minimum absolute atomic E-state index is 0.0948. The molecule has 1 amide bonds. The summed E-state index contributed by atoms with van der Waals surface area (Å²) in [4.78, 5) is 17.6. The molecule has 198 valence electrons. The second-order valence-electron chi connectivity index (χ2n) is 10.3. The predicted octanol–water partition coefficient (Wildman–Crippen LogP) is 2.63. The van der Waals surface area contributed by atoms with Crippen LogP contribution in [0.2, 0.25) is 0 Å². The number of hydrogen-bond acceptors (Lipinski definition) is 6. The van der Waals surface area contributed by atoms with E-state index in [9.17, 15) is 21.6 Å². The second kappa shape index (κ2) is 10.4. The van der Waals surface area contributed by atoms with E-state index in [1.807, 2.05) is 6.92 Å². The number of piperidine rings is 1. The topological polar surface area (TPSA) is 116 Å². The van der Waals surface area contributed by atoms with E-state index >= 15 is 0 Å². The summed E-state index contributed by atoms with van der Waals surface area (Å²) in [5.41, 5.74) is 1.29. The number of nitrogens with one attached hydrogen (secondary N) is 1. The number of amidine groups is 1. The maximum absolute atomic E-state index is 13.0. The van der Waals surface area contributed by atoms with Crippen LogP contribution in [-0.4, -0.2) is 69.9 Å². The van der Waals surface area contributed by atoms with Gasteiger partial charge in [0.2, 0.25) is 20.0 Å². The van der Waals surface area contributed by atoms with Gasteiger partial charge < -0.3 is 5.32 Å². The van der Waals surface area contributed by atoms with E-state index in [1.165, 1.54) is 34.5 Å². The third-order valence-corrected chi connectivity index (χ3v) is 10.9. The van der Waals surface area contributed by atoms with Crippen molar-refractivity contribution in [3.63, 3.8) is 0 Å². The van der Waals surface area contributed by atoms with Crippen LogP contribution in [0.5, 0.6) is 0 Å². The zero-order valence-electron chi connectivity index (χ0n) is 21.2. The highest BCUT2D eigenvalue weighted by Crippen LogP contribution is 2.35. The number of sulfonamides is 2. The van der Waals surface area contributed by atoms with Gasteiger partial charge in [0.15, 0.2) is 0 Å². The van der Waals surface area contributed by atoms with Crippen LogP contribution in [0.3, 0.4) is 0 Å². The van der Waals surface area contributed by atoms with Gasteiger partial charge in [-0.05, 0) is 55.4 Å². The number of hydrogen-bond donors (Lipinski definition) is 1. The second-order valence-corrected chi connectivity index (χ2v) is 14.3. The minimum Gasteiger partial charge on any atom is -0.312 e. The van der Waals surface area contributed by atoms with Crippen molar-refractivity contribution in [1.82, 2.24) is 13.9 Å². The van der Waals surface area contributed by atoms with Crippen molar-refractivity contribution in [1.29, 1.82) is 0 Å². The maximum atomic E-state index is 13.0. The van der Waals surface area contributed by atoms with E-state index in [0.717, 1.165) is 37.1 Å². The smallest absolute Gasteiger partial charge is 0.253 e. The zero-order valence-corrected chi connectivity index (χ0v) is 22.9. The molecule has 4 rings (SSSR count). The highest BCUT2D eigenvalue weighted by molar-refractivity contribution is 7.92. The Kier molecular flexibility index (Phi) is 7.76. The average molecular weight is 537 g/mol. The molecule has 9 nitrogen and oxygen atoms in total. The molecule has 11 heteroatoms. The van der Waals surface area contributed by atoms with Crippen LogP contribution in [0, 0.1) is 12.8 Å². The largest absolute Gasteiger partial charge is 0.312 e. The van der Waals surface area contributed by atoms with Gasteiger partial charge in [-0.2, -0.15) is 4.31 Å². The first-order valence-electron chi connectivity index (χ1n) is 12.5. The first-order valence-corrected chi connectivity index (χ1v) is 15.6. The summed E-state index contributed by atoms with van der Waals surface area (Å²) in [6.45, 7) is 2.30. The summed E-state index contributed by atoms with van der Waals surface area (Å²) in [7, 11) is -4.07. The van der Waals surface area contributed by atoms with Crippen LogP contribution in [0.25, 0.3) is 6.08 Å². The first-order chi connectivity index (χ1) is 16.9. The van der Waals surface area contributed by atoms with Gasteiger partial charge in [-0.3, -0.25) is 9.79 Å². The fourth-order valence-electron chi connectivity index (χ4n) is 5.16. The molecule has 1 aromatic rings. The molecule has 0 aromatic heterocycles. The molecule has 0 atom stereocenters. The minimum atomic E-state index is -3.68. The molecule has 2 heterocycles. The van der Waals surface area contributed by atoms with Crippen LogP contribution in [0.1, 0.15) is 61.6 Å². The van der Waals surface area contributed by atoms with Crippen LogP contribution in [0.4, 0.5) is 0 Å². The third kappa shape index (κ3) is 5.74. The van der Waals surface area contributed by atoms with Crippen molar-refractivity contribution < 1.29 is 21.6 Å². The molecule has 2 aliphatic heterocycles. The van der Waals surface area contributed by atoms with Gasteiger partial charge in [0.1, 0.15) is 11.4 Å². The molecule has 36 heavy (non-hydrogen) atoms. The molecule has 1 N–H and O–H groups in total. The molecule has 2 fully saturated rings. The van der Waals surface area contributed by atoms with Crippen LogP contribution in [0.15, 0.2) is 28.6 Å². The summed E-state index contributed by atoms with van der Waals surface area (Å²) in [6, 6.07) is 5.20. The number of aliphatic imine (C=N–C) groups is 1. The molecule has 3 aliphatic rings. The van der Waals surface area contributed by atoms with Crippen molar-refractivity contribution in [2.75, 3.05) is 27.2 Å². The monoisotopic (exact) mass is 536 g/mol. The number of nitrogens with zero attached hydrogens (tertiary/aromatic N) is 3. The fourth-order valence-corrected chi connectivity index (χ4v) is 7.20. The third-order valence-electron chi connectivity index (χ3n) is 7.56. The molecule has 1 saturated heterocycles. The highest BCUT2D eigenvalue weighted by Gasteiger charge is 2.48. The number of amides is 1. The Bertz CT molecular complexity index is 1270. The molecular formula is C25H36N4O5S2. The lowest BCUT2D eigenvalue weighted by Gasteiger charge is -2.34. The van der Waals surface area contributed by atoms with Crippen molar-refractivity contribution in [2.24, 2.45) is 10.9 Å². The van der Waals surface area contributed by atoms with Crippen molar-refractivity contribution >= 4 is 37.9 Å². The van der Waals surface area contributed by atoms with Crippen LogP contribution in [-0.2, 0) is 30.6 Å². The van der Waals surface area contributed by atoms with Gasteiger partial charge in [-0.25, -0.2) is 21.1 Å².